The first-order valence-electron chi connectivity index (χ1n) is 7.31. The van der Waals surface area contributed by atoms with Crippen molar-refractivity contribution < 1.29 is 9.18 Å². The maximum absolute atomic E-state index is 13.1. The Morgan fingerprint density at radius 2 is 1.75 bits per heavy atom. The van der Waals surface area contributed by atoms with E-state index >= 15 is 0 Å². The summed E-state index contributed by atoms with van der Waals surface area (Å²) in [4.78, 5) is 22.4. The highest BCUT2D eigenvalue weighted by Crippen LogP contribution is 2.19. The molecule has 0 saturated carbocycles. The van der Waals surface area contributed by atoms with Crippen LogP contribution in [0, 0.1) is 5.82 Å². The summed E-state index contributed by atoms with van der Waals surface area (Å²) in [6, 6.07) is 15.3. The Bertz CT molecular complexity index is 837. The highest BCUT2D eigenvalue weighted by Gasteiger charge is 2.11. The number of aromatic nitrogens is 2. The number of hydrogen-bond donors (Lipinski definition) is 1. The fourth-order valence-electron chi connectivity index (χ4n) is 2.15. The summed E-state index contributed by atoms with van der Waals surface area (Å²) in [6.07, 6.45) is 2.88. The fourth-order valence-corrected chi connectivity index (χ4v) is 2.15. The third kappa shape index (κ3) is 3.55. The maximum atomic E-state index is 13.1. The van der Waals surface area contributed by atoms with E-state index in [2.05, 4.69) is 15.3 Å². The van der Waals surface area contributed by atoms with Crippen LogP contribution in [-0.2, 0) is 0 Å². The molecule has 0 radical (unpaired) electrons. The van der Waals surface area contributed by atoms with Crippen molar-refractivity contribution in [2.45, 2.75) is 0 Å². The molecule has 1 heterocycles. The minimum Gasteiger partial charge on any atom is -0.322 e. The van der Waals surface area contributed by atoms with Gasteiger partial charge in [-0.1, -0.05) is 24.3 Å². The zero-order chi connectivity index (χ0) is 16.9. The first kappa shape index (κ1) is 15.6. The largest absolute Gasteiger partial charge is 0.322 e. The number of nitrogens with zero attached hydrogens (tertiary/aromatic N) is 3. The average Bonchev–Trinajstić information content (AvgIpc) is 2.62. The molecule has 0 spiro atoms. The lowest BCUT2D eigenvalue weighted by Gasteiger charge is -2.16. The van der Waals surface area contributed by atoms with Gasteiger partial charge in [-0.05, 0) is 30.3 Å². The molecule has 0 atom stereocenters. The molecule has 24 heavy (non-hydrogen) atoms. The Balaban J connectivity index is 1.73. The van der Waals surface area contributed by atoms with Crippen molar-refractivity contribution in [3.05, 3.63) is 78.4 Å². The molecule has 5 nitrogen and oxygen atoms in total. The van der Waals surface area contributed by atoms with Gasteiger partial charge >= 0.3 is 0 Å². The lowest BCUT2D eigenvalue weighted by atomic mass is 10.2. The quantitative estimate of drug-likeness (QED) is 0.797. The molecule has 1 amide bonds. The number of halogens is 1. The van der Waals surface area contributed by atoms with Gasteiger partial charge in [0.05, 0.1) is 5.56 Å². The van der Waals surface area contributed by atoms with E-state index in [9.17, 15) is 9.18 Å². The third-order valence-corrected chi connectivity index (χ3v) is 3.43. The highest BCUT2D eigenvalue weighted by atomic mass is 19.1. The van der Waals surface area contributed by atoms with Crippen LogP contribution in [0.3, 0.4) is 0 Å². The number of amides is 1. The molecule has 0 aliphatic heterocycles. The summed E-state index contributed by atoms with van der Waals surface area (Å²) in [5.74, 6) is -0.332. The predicted octanol–water partition coefficient (Wildman–Crippen LogP) is 3.64. The van der Waals surface area contributed by atoms with Gasteiger partial charge in [0.2, 0.25) is 5.95 Å². The van der Waals surface area contributed by atoms with Gasteiger partial charge in [-0.2, -0.15) is 0 Å². The van der Waals surface area contributed by atoms with E-state index in [-0.39, 0.29) is 0 Å². The van der Waals surface area contributed by atoms with E-state index < -0.39 is 11.7 Å². The number of nitrogens with one attached hydrogen (secondary N) is 1. The van der Waals surface area contributed by atoms with E-state index in [0.717, 1.165) is 5.69 Å². The molecule has 3 aromatic rings. The van der Waals surface area contributed by atoms with E-state index in [0.29, 0.717) is 17.2 Å². The van der Waals surface area contributed by atoms with Crippen LogP contribution in [-0.4, -0.2) is 22.9 Å². The highest BCUT2D eigenvalue weighted by molar-refractivity contribution is 6.03. The van der Waals surface area contributed by atoms with Crippen molar-refractivity contribution in [2.75, 3.05) is 17.3 Å². The molecule has 1 N–H and O–H groups in total. The molecule has 0 bridgehead atoms. The second-order valence-corrected chi connectivity index (χ2v) is 5.13. The van der Waals surface area contributed by atoms with Crippen molar-refractivity contribution in [2.24, 2.45) is 0 Å². The first-order chi connectivity index (χ1) is 11.6. The van der Waals surface area contributed by atoms with Crippen LogP contribution in [0.1, 0.15) is 10.4 Å². The number of hydrogen-bond acceptors (Lipinski definition) is 4. The van der Waals surface area contributed by atoms with E-state index in [1.54, 1.807) is 6.07 Å². The number of para-hydroxylation sites is 1. The third-order valence-electron chi connectivity index (χ3n) is 3.43. The Morgan fingerprint density at radius 1 is 1.04 bits per heavy atom. The minimum absolute atomic E-state index is 0.296. The Labute approximate surface area is 138 Å². The monoisotopic (exact) mass is 322 g/mol. The molecule has 120 valence electrons. The molecular weight excluding hydrogens is 307 g/mol. The maximum Gasteiger partial charge on any atom is 0.258 e. The van der Waals surface area contributed by atoms with Crippen LogP contribution in [0.5, 0.6) is 0 Å². The van der Waals surface area contributed by atoms with Crippen LogP contribution in [0.2, 0.25) is 0 Å². The molecule has 0 saturated heterocycles. The van der Waals surface area contributed by atoms with Crippen LogP contribution in [0.15, 0.2) is 67.0 Å². The molecule has 0 fully saturated rings. The number of carbonyl (C=O) groups is 1. The van der Waals surface area contributed by atoms with Crippen molar-refractivity contribution in [1.82, 2.24) is 9.97 Å². The summed E-state index contributed by atoms with van der Waals surface area (Å²) in [6.45, 7) is 0. The second kappa shape index (κ2) is 6.87. The van der Waals surface area contributed by atoms with Gasteiger partial charge in [0.1, 0.15) is 5.82 Å². The van der Waals surface area contributed by atoms with Gasteiger partial charge < -0.3 is 10.2 Å². The predicted molar refractivity (Wildman–Crippen MR) is 90.9 cm³/mol. The van der Waals surface area contributed by atoms with Gasteiger partial charge in [-0.25, -0.2) is 14.4 Å². The topological polar surface area (TPSA) is 58.1 Å². The SMILES string of the molecule is CN(c1ccccc1)c1ncc(C(=O)Nc2cccc(F)c2)cn1. The second-order valence-electron chi connectivity index (χ2n) is 5.13. The zero-order valence-electron chi connectivity index (χ0n) is 13.0. The summed E-state index contributed by atoms with van der Waals surface area (Å²) < 4.78 is 13.1. The number of anilines is 3. The van der Waals surface area contributed by atoms with Crippen LogP contribution in [0.25, 0.3) is 0 Å². The smallest absolute Gasteiger partial charge is 0.258 e. The standard InChI is InChI=1S/C18H15FN4O/c1-23(16-8-3-2-4-9-16)18-20-11-13(12-21-18)17(24)22-15-7-5-6-14(19)10-15/h2-12H,1H3,(H,22,24). The van der Waals surface area contributed by atoms with Crippen molar-refractivity contribution in [3.63, 3.8) is 0 Å². The molecule has 0 aliphatic rings. The van der Waals surface area contributed by atoms with Crippen molar-refractivity contribution in [3.8, 4) is 0 Å². The number of rotatable bonds is 4. The summed E-state index contributed by atoms with van der Waals surface area (Å²) in [5.41, 5.74) is 1.62. The molecule has 0 aliphatic carbocycles. The molecule has 0 unspecified atom stereocenters. The normalized spacial score (nSPS) is 10.2. The fraction of sp³-hybridized carbons (Fsp3) is 0.0556. The Morgan fingerprint density at radius 3 is 2.42 bits per heavy atom. The van der Waals surface area contributed by atoms with Gasteiger partial charge in [-0.15, -0.1) is 0 Å². The number of carbonyl (C=O) groups excluding carboxylic acids is 1. The number of benzene rings is 2. The zero-order valence-corrected chi connectivity index (χ0v) is 13.0. The van der Waals surface area contributed by atoms with Gasteiger partial charge in [-0.3, -0.25) is 4.79 Å². The van der Waals surface area contributed by atoms with E-state index in [4.69, 9.17) is 0 Å². The van der Waals surface area contributed by atoms with Crippen LogP contribution < -0.4 is 10.2 Å². The molecule has 1 aromatic heterocycles. The first-order valence-corrected chi connectivity index (χ1v) is 7.31. The minimum atomic E-state index is -0.413. The van der Waals surface area contributed by atoms with E-state index in [1.807, 2.05) is 42.3 Å². The summed E-state index contributed by atoms with van der Waals surface area (Å²) in [5, 5.41) is 2.61. The van der Waals surface area contributed by atoms with Crippen LogP contribution >= 0.6 is 0 Å². The summed E-state index contributed by atoms with van der Waals surface area (Å²) in [7, 11) is 1.84. The summed E-state index contributed by atoms with van der Waals surface area (Å²) >= 11 is 0. The Hall–Kier alpha value is -3.28. The van der Waals surface area contributed by atoms with E-state index in [1.165, 1.54) is 30.6 Å². The van der Waals surface area contributed by atoms with Crippen molar-refractivity contribution >= 4 is 23.2 Å². The average molecular weight is 322 g/mol. The van der Waals surface area contributed by atoms with Crippen LogP contribution in [0.4, 0.5) is 21.7 Å². The molecule has 2 aromatic carbocycles. The lowest BCUT2D eigenvalue weighted by Crippen LogP contribution is -2.16. The van der Waals surface area contributed by atoms with Gasteiger partial charge in [0, 0.05) is 30.8 Å². The van der Waals surface area contributed by atoms with Gasteiger partial charge in [0.15, 0.2) is 0 Å². The molecule has 3 rings (SSSR count). The molecular formula is C18H15FN4O. The van der Waals surface area contributed by atoms with Gasteiger partial charge in [0.25, 0.3) is 5.91 Å². The lowest BCUT2D eigenvalue weighted by molar-refractivity contribution is 0.102. The van der Waals surface area contributed by atoms with Crippen molar-refractivity contribution in [1.29, 1.82) is 0 Å². The Kier molecular flexibility index (Phi) is 4.47. The molecule has 6 heteroatoms.